The van der Waals surface area contributed by atoms with Gasteiger partial charge in [0.15, 0.2) is 0 Å². The lowest BCUT2D eigenvalue weighted by molar-refractivity contribution is -0.139. The van der Waals surface area contributed by atoms with Crippen LogP contribution in [0.15, 0.2) is 42.5 Å². The molecular weight excluding hydrogens is 547 g/mol. The van der Waals surface area contributed by atoms with Gasteiger partial charge in [-0.05, 0) is 49.2 Å². The molecule has 13 heteroatoms. The van der Waals surface area contributed by atoms with Crippen LogP contribution in [0.1, 0.15) is 37.8 Å². The maximum atomic E-state index is 13.5. The fraction of sp³-hybridized carbons (Fsp3) is 0.440. The van der Waals surface area contributed by atoms with E-state index in [1.165, 1.54) is 14.0 Å². The molecule has 0 saturated heterocycles. The van der Waals surface area contributed by atoms with Crippen molar-refractivity contribution in [3.05, 3.63) is 58.6 Å². The third kappa shape index (κ3) is 8.52. The van der Waals surface area contributed by atoms with E-state index < -0.39 is 51.9 Å². The zero-order valence-electron chi connectivity index (χ0n) is 21.5. The van der Waals surface area contributed by atoms with Crippen molar-refractivity contribution in [2.45, 2.75) is 45.5 Å². The average molecular weight is 578 g/mol. The van der Waals surface area contributed by atoms with Crippen molar-refractivity contribution in [2.24, 2.45) is 0 Å². The lowest BCUT2D eigenvalue weighted by Crippen LogP contribution is -2.51. The number of nitrogens with one attached hydrogen (secondary N) is 1. The van der Waals surface area contributed by atoms with Gasteiger partial charge in [0.25, 0.3) is 0 Å². The third-order valence-electron chi connectivity index (χ3n) is 5.71. The molecule has 210 valence electrons. The predicted molar refractivity (Wildman–Crippen MR) is 140 cm³/mol. The van der Waals surface area contributed by atoms with Crippen molar-refractivity contribution in [2.75, 3.05) is 30.8 Å². The molecule has 2 rings (SSSR count). The number of nitrogens with zero attached hydrogens (tertiary/aromatic N) is 2. The number of halogens is 4. The normalized spacial score (nSPS) is 12.5. The van der Waals surface area contributed by atoms with Gasteiger partial charge in [-0.15, -0.1) is 0 Å². The number of methoxy groups -OCH3 is 1. The minimum absolute atomic E-state index is 0.0909. The zero-order valence-corrected chi connectivity index (χ0v) is 23.1. The first-order valence-electron chi connectivity index (χ1n) is 11.7. The van der Waals surface area contributed by atoms with Crippen LogP contribution in [0, 0.1) is 0 Å². The largest absolute Gasteiger partial charge is 0.497 e. The minimum atomic E-state index is -4.77. The van der Waals surface area contributed by atoms with Crippen LogP contribution in [0.4, 0.5) is 18.9 Å². The Morgan fingerprint density at radius 2 is 1.84 bits per heavy atom. The number of sulfonamides is 1. The zero-order chi connectivity index (χ0) is 28.7. The molecule has 2 amide bonds. The molecule has 0 aliphatic rings. The monoisotopic (exact) mass is 577 g/mol. The number of carbonyl (C=O) groups is 2. The molecule has 0 bridgehead atoms. The first-order valence-corrected chi connectivity index (χ1v) is 14.0. The summed E-state index contributed by atoms with van der Waals surface area (Å²) >= 11 is 6.08. The molecule has 0 fully saturated rings. The molecule has 0 aliphatic carbocycles. The van der Waals surface area contributed by atoms with E-state index in [0.29, 0.717) is 34.3 Å². The van der Waals surface area contributed by atoms with Crippen LogP contribution in [0.3, 0.4) is 0 Å². The molecule has 38 heavy (non-hydrogen) atoms. The number of unbranched alkanes of at least 4 members (excludes halogenated alkanes) is 1. The number of alkyl halides is 3. The molecule has 1 N–H and O–H groups in total. The molecular formula is C25H31ClF3N3O5S. The summed E-state index contributed by atoms with van der Waals surface area (Å²) in [6, 6.07) is 7.91. The number of rotatable bonds is 12. The van der Waals surface area contributed by atoms with Gasteiger partial charge < -0.3 is 15.0 Å². The number of hydrogen-bond acceptors (Lipinski definition) is 5. The minimum Gasteiger partial charge on any atom is -0.497 e. The summed E-state index contributed by atoms with van der Waals surface area (Å²) in [7, 11) is -2.80. The van der Waals surface area contributed by atoms with E-state index >= 15 is 0 Å². The molecule has 0 spiro atoms. The Hall–Kier alpha value is -2.99. The van der Waals surface area contributed by atoms with E-state index in [4.69, 9.17) is 16.3 Å². The maximum absolute atomic E-state index is 13.5. The van der Waals surface area contributed by atoms with Gasteiger partial charge in [0.05, 0.1) is 29.6 Å². The van der Waals surface area contributed by atoms with Gasteiger partial charge >= 0.3 is 6.18 Å². The summed E-state index contributed by atoms with van der Waals surface area (Å²) in [5.41, 5.74) is -1.04. The first-order chi connectivity index (χ1) is 17.7. The second-order valence-corrected chi connectivity index (χ2v) is 10.9. The van der Waals surface area contributed by atoms with Gasteiger partial charge in [0.2, 0.25) is 21.8 Å². The number of ether oxygens (including phenoxy) is 1. The van der Waals surface area contributed by atoms with E-state index in [1.807, 2.05) is 6.92 Å². The summed E-state index contributed by atoms with van der Waals surface area (Å²) in [5.74, 6) is -0.772. The van der Waals surface area contributed by atoms with Crippen LogP contribution in [0.25, 0.3) is 0 Å². The summed E-state index contributed by atoms with van der Waals surface area (Å²) in [5, 5.41) is 2.45. The fourth-order valence-corrected chi connectivity index (χ4v) is 4.68. The van der Waals surface area contributed by atoms with Crippen molar-refractivity contribution in [1.82, 2.24) is 10.2 Å². The average Bonchev–Trinajstić information content (AvgIpc) is 2.84. The number of hydrogen-bond donors (Lipinski definition) is 1. The lowest BCUT2D eigenvalue weighted by Gasteiger charge is -2.32. The van der Waals surface area contributed by atoms with Crippen LogP contribution in [0.2, 0.25) is 5.02 Å². The van der Waals surface area contributed by atoms with E-state index in [2.05, 4.69) is 5.32 Å². The van der Waals surface area contributed by atoms with Gasteiger partial charge in [-0.1, -0.05) is 37.1 Å². The van der Waals surface area contributed by atoms with E-state index in [0.717, 1.165) is 30.1 Å². The summed E-state index contributed by atoms with van der Waals surface area (Å²) < 4.78 is 71.0. The highest BCUT2D eigenvalue weighted by atomic mass is 35.5. The number of benzene rings is 2. The van der Waals surface area contributed by atoms with Gasteiger partial charge in [0.1, 0.15) is 18.3 Å². The highest BCUT2D eigenvalue weighted by Crippen LogP contribution is 2.36. The molecule has 0 heterocycles. The highest BCUT2D eigenvalue weighted by Gasteiger charge is 2.34. The molecule has 0 saturated carbocycles. The lowest BCUT2D eigenvalue weighted by atomic mass is 10.1. The van der Waals surface area contributed by atoms with Gasteiger partial charge in [0, 0.05) is 13.1 Å². The van der Waals surface area contributed by atoms with E-state index in [-0.39, 0.29) is 11.6 Å². The SMILES string of the molecule is CCCCNC(=O)[C@@H](C)N(Cc1cccc(OC)c1)C(=O)CN(c1cc(C(F)(F)F)ccc1Cl)S(C)(=O)=O. The summed E-state index contributed by atoms with van der Waals surface area (Å²) in [6.07, 6.45) is -2.46. The Morgan fingerprint density at radius 3 is 2.42 bits per heavy atom. The summed E-state index contributed by atoms with van der Waals surface area (Å²) in [4.78, 5) is 27.5. The molecule has 1 atom stereocenters. The Bertz CT molecular complexity index is 1240. The molecule has 2 aromatic rings. The quantitative estimate of drug-likeness (QED) is 0.376. The van der Waals surface area contributed by atoms with Gasteiger partial charge in [-0.3, -0.25) is 13.9 Å². The molecule has 0 radical (unpaired) electrons. The maximum Gasteiger partial charge on any atom is 0.416 e. The smallest absolute Gasteiger partial charge is 0.416 e. The number of carbonyl (C=O) groups excluding carboxylic acids is 2. The van der Waals surface area contributed by atoms with Crippen LogP contribution >= 0.6 is 11.6 Å². The Balaban J connectivity index is 2.48. The van der Waals surface area contributed by atoms with E-state index in [9.17, 15) is 31.2 Å². The van der Waals surface area contributed by atoms with Crippen molar-refractivity contribution in [3.8, 4) is 5.75 Å². The Morgan fingerprint density at radius 1 is 1.16 bits per heavy atom. The number of anilines is 1. The third-order valence-corrected chi connectivity index (χ3v) is 7.15. The molecule has 0 aliphatic heterocycles. The Kier molecular flexibility index (Phi) is 10.8. The molecule has 0 aromatic heterocycles. The molecule has 0 unspecified atom stereocenters. The van der Waals surface area contributed by atoms with Crippen LogP contribution in [-0.2, 0) is 32.3 Å². The molecule has 8 nitrogen and oxygen atoms in total. The van der Waals surface area contributed by atoms with Gasteiger partial charge in [-0.2, -0.15) is 13.2 Å². The van der Waals surface area contributed by atoms with Crippen molar-refractivity contribution in [3.63, 3.8) is 0 Å². The first kappa shape index (κ1) is 31.2. The van der Waals surface area contributed by atoms with Crippen molar-refractivity contribution in [1.29, 1.82) is 0 Å². The van der Waals surface area contributed by atoms with Crippen molar-refractivity contribution < 1.29 is 35.9 Å². The topological polar surface area (TPSA) is 96.0 Å². The van der Waals surface area contributed by atoms with Crippen LogP contribution < -0.4 is 14.4 Å². The second-order valence-electron chi connectivity index (χ2n) is 8.63. The Labute approximate surface area is 225 Å². The molecule has 2 aromatic carbocycles. The van der Waals surface area contributed by atoms with Crippen molar-refractivity contribution >= 4 is 39.1 Å². The fourth-order valence-electron chi connectivity index (χ4n) is 3.56. The van der Waals surface area contributed by atoms with Gasteiger partial charge in [-0.25, -0.2) is 8.42 Å². The van der Waals surface area contributed by atoms with Crippen LogP contribution in [-0.4, -0.2) is 57.6 Å². The predicted octanol–water partition coefficient (Wildman–Crippen LogP) is 4.47. The standard InChI is InChI=1S/C25H31ClF3N3O5S/c1-5-6-12-30-24(34)17(2)31(15-18-8-7-9-20(13-18)37-3)23(33)16-32(38(4,35)36)22-14-19(25(27,28)29)10-11-21(22)26/h7-11,13-14,17H,5-6,12,15-16H2,1-4H3,(H,30,34)/t17-/m1/s1. The highest BCUT2D eigenvalue weighted by molar-refractivity contribution is 7.92. The summed E-state index contributed by atoms with van der Waals surface area (Å²) in [6.45, 7) is 2.85. The number of amides is 2. The second kappa shape index (κ2) is 13.2. The van der Waals surface area contributed by atoms with E-state index in [1.54, 1.807) is 24.3 Å². The van der Waals surface area contributed by atoms with Crippen LogP contribution in [0.5, 0.6) is 5.75 Å².